The van der Waals surface area contributed by atoms with Crippen LogP contribution in [0.3, 0.4) is 0 Å². The van der Waals surface area contributed by atoms with Crippen molar-refractivity contribution in [2.75, 3.05) is 0 Å². The number of halogens is 1. The van der Waals surface area contributed by atoms with Crippen LogP contribution >= 0.6 is 15.9 Å². The number of carbonyl (C=O) groups is 1. The summed E-state index contributed by atoms with van der Waals surface area (Å²) in [6.07, 6.45) is 3.77. The smallest absolute Gasteiger partial charge is 0.272 e. The van der Waals surface area contributed by atoms with Crippen LogP contribution in [-0.4, -0.2) is 22.3 Å². The van der Waals surface area contributed by atoms with Crippen LogP contribution in [0.5, 0.6) is 0 Å². The van der Waals surface area contributed by atoms with Gasteiger partial charge in [0.05, 0.1) is 11.9 Å². The fourth-order valence-corrected chi connectivity index (χ4v) is 4.28. The van der Waals surface area contributed by atoms with Crippen molar-refractivity contribution in [2.24, 2.45) is 5.10 Å². The minimum atomic E-state index is -0.332. The number of hydrogen-bond donors (Lipinski definition) is 2. The van der Waals surface area contributed by atoms with Crippen LogP contribution < -0.4 is 5.43 Å². The minimum absolute atomic E-state index is 0.332. The van der Waals surface area contributed by atoms with Crippen molar-refractivity contribution in [2.45, 2.75) is 12.8 Å². The Morgan fingerprint density at radius 2 is 1.90 bits per heavy atom. The predicted octanol–water partition coefficient (Wildman–Crippen LogP) is 4.85. The zero-order chi connectivity index (χ0) is 19.8. The number of hydrazone groups is 1. The molecule has 4 aromatic rings. The van der Waals surface area contributed by atoms with E-state index >= 15 is 0 Å². The van der Waals surface area contributed by atoms with Crippen LogP contribution in [0.1, 0.15) is 27.2 Å². The van der Waals surface area contributed by atoms with Gasteiger partial charge in [0.1, 0.15) is 5.69 Å². The van der Waals surface area contributed by atoms with Crippen LogP contribution in [0.15, 0.2) is 70.2 Å². The summed E-state index contributed by atoms with van der Waals surface area (Å²) in [5, 5.41) is 13.7. The van der Waals surface area contributed by atoms with Gasteiger partial charge < -0.3 is 0 Å². The molecule has 6 heteroatoms. The lowest BCUT2D eigenvalue weighted by Gasteiger charge is -2.06. The Morgan fingerprint density at radius 1 is 1.07 bits per heavy atom. The van der Waals surface area contributed by atoms with E-state index in [1.54, 1.807) is 12.3 Å². The molecule has 0 unspecified atom stereocenters. The van der Waals surface area contributed by atoms with Crippen molar-refractivity contribution in [3.8, 4) is 11.3 Å². The first-order chi connectivity index (χ1) is 14.2. The van der Waals surface area contributed by atoms with E-state index in [1.165, 1.54) is 21.9 Å². The second kappa shape index (κ2) is 7.29. The molecule has 0 atom stereocenters. The van der Waals surface area contributed by atoms with Gasteiger partial charge in [0.15, 0.2) is 0 Å². The van der Waals surface area contributed by atoms with Gasteiger partial charge in [-0.25, -0.2) is 5.43 Å². The summed E-state index contributed by atoms with van der Waals surface area (Å²) >= 11 is 3.41. The third kappa shape index (κ3) is 3.36. The molecular formula is C23H17BrN4O. The van der Waals surface area contributed by atoms with Crippen LogP contribution in [0.2, 0.25) is 0 Å². The Balaban J connectivity index is 1.39. The van der Waals surface area contributed by atoms with E-state index < -0.39 is 0 Å². The van der Waals surface area contributed by atoms with E-state index in [4.69, 9.17) is 0 Å². The van der Waals surface area contributed by atoms with Gasteiger partial charge in [-0.15, -0.1) is 0 Å². The van der Waals surface area contributed by atoms with Crippen molar-refractivity contribution in [3.63, 3.8) is 0 Å². The fourth-order valence-electron chi connectivity index (χ4n) is 3.86. The zero-order valence-corrected chi connectivity index (χ0v) is 17.0. The summed E-state index contributed by atoms with van der Waals surface area (Å²) in [6, 6.07) is 20.1. The Labute approximate surface area is 176 Å². The second-order valence-electron chi connectivity index (χ2n) is 7.03. The summed E-state index contributed by atoms with van der Waals surface area (Å²) < 4.78 is 0.955. The molecule has 2 N–H and O–H groups in total. The number of aryl methyl sites for hydroxylation is 2. The number of hydrogen-bond acceptors (Lipinski definition) is 3. The zero-order valence-electron chi connectivity index (χ0n) is 15.4. The molecule has 0 radical (unpaired) electrons. The first-order valence-corrected chi connectivity index (χ1v) is 10.2. The quantitative estimate of drug-likeness (QED) is 0.348. The largest absolute Gasteiger partial charge is 0.289 e. The molecule has 5 nitrogen and oxygen atoms in total. The molecule has 5 rings (SSSR count). The number of rotatable bonds is 4. The minimum Gasteiger partial charge on any atom is -0.272 e. The molecule has 1 amide bonds. The van der Waals surface area contributed by atoms with Gasteiger partial charge in [-0.2, -0.15) is 10.2 Å². The average Bonchev–Trinajstić information content (AvgIpc) is 3.37. The lowest BCUT2D eigenvalue weighted by Crippen LogP contribution is -2.17. The van der Waals surface area contributed by atoms with Crippen LogP contribution in [-0.2, 0) is 12.8 Å². The molecule has 1 heterocycles. The molecule has 0 bridgehead atoms. The Bertz CT molecular complexity index is 1260. The van der Waals surface area contributed by atoms with Gasteiger partial charge in [0.2, 0.25) is 0 Å². The Kier molecular flexibility index (Phi) is 4.48. The second-order valence-corrected chi connectivity index (χ2v) is 7.95. The lowest BCUT2D eigenvalue weighted by molar-refractivity contribution is 0.0950. The summed E-state index contributed by atoms with van der Waals surface area (Å²) in [5.41, 5.74) is 8.35. The number of nitrogens with zero attached hydrogens (tertiary/aromatic N) is 2. The summed E-state index contributed by atoms with van der Waals surface area (Å²) in [5.74, 6) is -0.332. The predicted molar refractivity (Wildman–Crippen MR) is 118 cm³/mol. The third-order valence-electron chi connectivity index (χ3n) is 5.20. The average molecular weight is 445 g/mol. The van der Waals surface area contributed by atoms with Crippen molar-refractivity contribution in [3.05, 3.63) is 87.5 Å². The van der Waals surface area contributed by atoms with E-state index in [1.807, 2.05) is 24.3 Å². The molecule has 29 heavy (non-hydrogen) atoms. The van der Waals surface area contributed by atoms with Gasteiger partial charge in [-0.3, -0.25) is 9.89 Å². The summed E-state index contributed by atoms with van der Waals surface area (Å²) in [4.78, 5) is 12.4. The number of carbonyl (C=O) groups excluding carboxylic acids is 1. The highest BCUT2D eigenvalue weighted by atomic mass is 79.9. The highest BCUT2D eigenvalue weighted by molar-refractivity contribution is 9.10. The van der Waals surface area contributed by atoms with E-state index in [-0.39, 0.29) is 5.91 Å². The van der Waals surface area contributed by atoms with Gasteiger partial charge >= 0.3 is 0 Å². The van der Waals surface area contributed by atoms with Crippen LogP contribution in [0.4, 0.5) is 0 Å². The number of benzene rings is 3. The topological polar surface area (TPSA) is 70.1 Å². The van der Waals surface area contributed by atoms with Gasteiger partial charge in [-0.05, 0) is 58.5 Å². The van der Waals surface area contributed by atoms with Crippen LogP contribution in [0, 0.1) is 0 Å². The normalized spacial score (nSPS) is 12.7. The molecule has 0 fully saturated rings. The molecule has 1 aliphatic rings. The number of aromatic amines is 1. The Morgan fingerprint density at radius 3 is 2.76 bits per heavy atom. The SMILES string of the molecule is O=C(N/N=C\c1cccc(Br)c1)c1cc(-c2ccc3c4c(cccc24)CC3)n[nH]1. The number of nitrogens with one attached hydrogen (secondary N) is 2. The highest BCUT2D eigenvalue weighted by Gasteiger charge is 2.18. The number of aromatic nitrogens is 2. The summed E-state index contributed by atoms with van der Waals surface area (Å²) in [6.45, 7) is 0. The molecule has 0 saturated carbocycles. The molecule has 0 saturated heterocycles. The monoisotopic (exact) mass is 444 g/mol. The molecule has 142 valence electrons. The van der Waals surface area contributed by atoms with Gasteiger partial charge in [0.25, 0.3) is 5.91 Å². The van der Waals surface area contributed by atoms with Gasteiger partial charge in [-0.1, -0.05) is 58.4 Å². The maximum atomic E-state index is 12.4. The van der Waals surface area contributed by atoms with Crippen molar-refractivity contribution in [1.29, 1.82) is 0 Å². The molecule has 3 aromatic carbocycles. The molecule has 1 aliphatic carbocycles. The molecule has 1 aromatic heterocycles. The standard InChI is InChI=1S/C23H17BrN4O/c24-17-5-1-3-14(11-17)13-25-28-23(29)21-12-20(26-27-21)18-10-9-16-8-7-15-4-2-6-19(18)22(15)16/h1-6,9-13H,7-8H2,(H,26,27)(H,28,29)/b25-13-. The van der Waals surface area contributed by atoms with Gasteiger partial charge in [0, 0.05) is 10.0 Å². The van der Waals surface area contributed by atoms with Crippen molar-refractivity contribution < 1.29 is 4.79 Å². The van der Waals surface area contributed by atoms with E-state index in [9.17, 15) is 4.79 Å². The highest BCUT2D eigenvalue weighted by Crippen LogP contribution is 2.36. The number of H-pyrrole nitrogens is 1. The molecule has 0 spiro atoms. The maximum Gasteiger partial charge on any atom is 0.289 e. The van der Waals surface area contributed by atoms with E-state index in [0.717, 1.165) is 34.1 Å². The lowest BCUT2D eigenvalue weighted by atomic mass is 9.98. The molecular weight excluding hydrogens is 428 g/mol. The fraction of sp³-hybridized carbons (Fsp3) is 0.0870. The number of amides is 1. The summed E-state index contributed by atoms with van der Waals surface area (Å²) in [7, 11) is 0. The first-order valence-electron chi connectivity index (χ1n) is 9.37. The first kappa shape index (κ1) is 17.8. The Hall–Kier alpha value is -3.25. The third-order valence-corrected chi connectivity index (χ3v) is 5.70. The molecule has 0 aliphatic heterocycles. The van der Waals surface area contributed by atoms with E-state index in [2.05, 4.69) is 67.0 Å². The van der Waals surface area contributed by atoms with Crippen molar-refractivity contribution in [1.82, 2.24) is 15.6 Å². The maximum absolute atomic E-state index is 12.4. The van der Waals surface area contributed by atoms with E-state index in [0.29, 0.717) is 5.69 Å². The van der Waals surface area contributed by atoms with Crippen molar-refractivity contribution >= 4 is 38.8 Å². The van der Waals surface area contributed by atoms with Crippen LogP contribution in [0.25, 0.3) is 22.0 Å².